The highest BCUT2D eigenvalue weighted by Gasteiger charge is 2.18. The van der Waals surface area contributed by atoms with E-state index in [9.17, 15) is 14.4 Å². The van der Waals surface area contributed by atoms with Crippen LogP contribution in [0.3, 0.4) is 0 Å². The third kappa shape index (κ3) is 15.7. The zero-order chi connectivity index (χ0) is 18.9. The van der Waals surface area contributed by atoms with Crippen LogP contribution in [0.25, 0.3) is 0 Å². The highest BCUT2D eigenvalue weighted by molar-refractivity contribution is 5.70. The largest absolute Gasteiger partial charge is 0.462 e. The van der Waals surface area contributed by atoms with Crippen molar-refractivity contribution in [2.75, 3.05) is 13.2 Å². The number of rotatable bonds is 15. The van der Waals surface area contributed by atoms with E-state index >= 15 is 0 Å². The Morgan fingerprint density at radius 3 is 1.76 bits per heavy atom. The van der Waals surface area contributed by atoms with E-state index in [1.54, 1.807) is 0 Å². The van der Waals surface area contributed by atoms with Gasteiger partial charge in [-0.1, -0.05) is 52.4 Å². The van der Waals surface area contributed by atoms with Crippen molar-refractivity contribution in [3.8, 4) is 0 Å². The summed E-state index contributed by atoms with van der Waals surface area (Å²) in [5.41, 5.74) is 0. The maximum atomic E-state index is 11.8. The van der Waals surface area contributed by atoms with E-state index in [0.717, 1.165) is 51.4 Å². The van der Waals surface area contributed by atoms with E-state index in [2.05, 4.69) is 13.8 Å². The quantitative estimate of drug-likeness (QED) is 0.251. The molecule has 0 aliphatic carbocycles. The number of unbranched alkanes of at least 4 members (excludes halogenated alkanes) is 6. The summed E-state index contributed by atoms with van der Waals surface area (Å²) in [5, 5.41) is 0. The van der Waals surface area contributed by atoms with Gasteiger partial charge in [0.25, 0.3) is 0 Å². The average molecular weight is 358 g/mol. The van der Waals surface area contributed by atoms with Crippen molar-refractivity contribution in [2.45, 2.75) is 91.1 Å². The SMILES string of the molecule is CCCCCCC(=O)OCC(COC(C)=O)OC(=O)CCCCCC. The molecule has 25 heavy (non-hydrogen) atoms. The molecule has 0 aromatic carbocycles. The fourth-order valence-electron chi connectivity index (χ4n) is 2.22. The lowest BCUT2D eigenvalue weighted by Crippen LogP contribution is -2.30. The summed E-state index contributed by atoms with van der Waals surface area (Å²) in [6.07, 6.45) is 7.84. The van der Waals surface area contributed by atoms with Crippen LogP contribution in [-0.4, -0.2) is 37.2 Å². The number of ether oxygens (including phenoxy) is 3. The Morgan fingerprint density at radius 1 is 0.720 bits per heavy atom. The minimum atomic E-state index is -0.748. The van der Waals surface area contributed by atoms with Gasteiger partial charge >= 0.3 is 17.9 Å². The van der Waals surface area contributed by atoms with Crippen LogP contribution in [0, 0.1) is 0 Å². The van der Waals surface area contributed by atoms with E-state index in [4.69, 9.17) is 14.2 Å². The molecule has 0 aromatic rings. The third-order valence-electron chi connectivity index (χ3n) is 3.67. The fourth-order valence-corrected chi connectivity index (χ4v) is 2.22. The van der Waals surface area contributed by atoms with Gasteiger partial charge in [-0.15, -0.1) is 0 Å². The summed E-state index contributed by atoms with van der Waals surface area (Å²) in [4.78, 5) is 34.5. The van der Waals surface area contributed by atoms with Gasteiger partial charge in [-0.25, -0.2) is 0 Å². The predicted molar refractivity (Wildman–Crippen MR) is 95.0 cm³/mol. The van der Waals surface area contributed by atoms with Crippen molar-refractivity contribution in [2.24, 2.45) is 0 Å². The minimum Gasteiger partial charge on any atom is -0.462 e. The standard InChI is InChI=1S/C19H34O6/c1-4-6-8-10-12-18(21)24-15-17(14-23-16(3)20)25-19(22)13-11-9-7-5-2/h17H,4-15H2,1-3H3. The molecule has 0 radical (unpaired) electrons. The summed E-state index contributed by atoms with van der Waals surface area (Å²) in [6.45, 7) is 5.31. The van der Waals surface area contributed by atoms with Crippen molar-refractivity contribution in [1.29, 1.82) is 0 Å². The van der Waals surface area contributed by atoms with Crippen molar-refractivity contribution in [1.82, 2.24) is 0 Å². The summed E-state index contributed by atoms with van der Waals surface area (Å²) >= 11 is 0. The molecule has 0 N–H and O–H groups in total. The first-order valence-corrected chi connectivity index (χ1v) is 9.48. The topological polar surface area (TPSA) is 78.9 Å². The summed E-state index contributed by atoms with van der Waals surface area (Å²) in [5.74, 6) is -1.13. The number of hydrogen-bond acceptors (Lipinski definition) is 6. The van der Waals surface area contributed by atoms with Gasteiger partial charge in [0.05, 0.1) is 0 Å². The Bertz CT molecular complexity index is 380. The molecule has 0 aromatic heterocycles. The van der Waals surface area contributed by atoms with Gasteiger partial charge in [0.2, 0.25) is 0 Å². The number of carbonyl (C=O) groups excluding carboxylic acids is 3. The van der Waals surface area contributed by atoms with Gasteiger partial charge in [0.1, 0.15) is 13.2 Å². The van der Waals surface area contributed by atoms with Gasteiger partial charge in [-0.05, 0) is 12.8 Å². The highest BCUT2D eigenvalue weighted by atomic mass is 16.6. The zero-order valence-electron chi connectivity index (χ0n) is 16.0. The lowest BCUT2D eigenvalue weighted by atomic mass is 10.1. The van der Waals surface area contributed by atoms with Crippen LogP contribution in [0.1, 0.15) is 85.0 Å². The Balaban J connectivity index is 4.16. The molecule has 1 atom stereocenters. The average Bonchev–Trinajstić information content (AvgIpc) is 2.58. The molecule has 146 valence electrons. The Morgan fingerprint density at radius 2 is 1.24 bits per heavy atom. The number of hydrogen-bond donors (Lipinski definition) is 0. The molecular weight excluding hydrogens is 324 g/mol. The van der Waals surface area contributed by atoms with Crippen LogP contribution >= 0.6 is 0 Å². The maximum Gasteiger partial charge on any atom is 0.306 e. The van der Waals surface area contributed by atoms with Crippen LogP contribution in [-0.2, 0) is 28.6 Å². The molecule has 6 heteroatoms. The number of esters is 3. The van der Waals surface area contributed by atoms with Crippen LogP contribution in [0.15, 0.2) is 0 Å². The first-order valence-electron chi connectivity index (χ1n) is 9.48. The second kappa shape index (κ2) is 15.9. The van der Waals surface area contributed by atoms with Crippen LogP contribution in [0.5, 0.6) is 0 Å². The normalized spacial score (nSPS) is 11.6. The maximum absolute atomic E-state index is 11.8. The van der Waals surface area contributed by atoms with Crippen molar-refractivity contribution < 1.29 is 28.6 Å². The second-order valence-electron chi connectivity index (χ2n) is 6.22. The Labute approximate surface area is 151 Å². The smallest absolute Gasteiger partial charge is 0.306 e. The Hall–Kier alpha value is -1.59. The summed E-state index contributed by atoms with van der Waals surface area (Å²) < 4.78 is 15.3. The molecule has 0 bridgehead atoms. The second-order valence-corrected chi connectivity index (χ2v) is 6.22. The zero-order valence-corrected chi connectivity index (χ0v) is 16.0. The predicted octanol–water partition coefficient (Wildman–Crippen LogP) is 3.95. The molecular formula is C19H34O6. The summed E-state index contributed by atoms with van der Waals surface area (Å²) in [7, 11) is 0. The highest BCUT2D eigenvalue weighted by Crippen LogP contribution is 2.07. The van der Waals surface area contributed by atoms with Gasteiger partial charge in [-0.2, -0.15) is 0 Å². The molecule has 0 saturated carbocycles. The molecule has 0 aliphatic heterocycles. The van der Waals surface area contributed by atoms with E-state index < -0.39 is 12.1 Å². The third-order valence-corrected chi connectivity index (χ3v) is 3.67. The molecule has 0 heterocycles. The molecule has 0 saturated heterocycles. The lowest BCUT2D eigenvalue weighted by molar-refractivity contribution is -0.166. The molecule has 0 fully saturated rings. The molecule has 1 unspecified atom stereocenters. The van der Waals surface area contributed by atoms with E-state index in [0.29, 0.717) is 12.8 Å². The lowest BCUT2D eigenvalue weighted by Gasteiger charge is -2.17. The van der Waals surface area contributed by atoms with Crippen LogP contribution in [0.4, 0.5) is 0 Å². The van der Waals surface area contributed by atoms with E-state index in [-0.39, 0.29) is 25.2 Å². The minimum absolute atomic E-state index is 0.0827. The number of carbonyl (C=O) groups is 3. The first kappa shape index (κ1) is 23.4. The van der Waals surface area contributed by atoms with Crippen LogP contribution in [0.2, 0.25) is 0 Å². The monoisotopic (exact) mass is 358 g/mol. The van der Waals surface area contributed by atoms with Crippen LogP contribution < -0.4 is 0 Å². The van der Waals surface area contributed by atoms with Crippen molar-refractivity contribution >= 4 is 17.9 Å². The van der Waals surface area contributed by atoms with E-state index in [1.165, 1.54) is 6.92 Å². The molecule has 6 nitrogen and oxygen atoms in total. The molecule has 0 amide bonds. The molecule has 0 rings (SSSR count). The molecule has 0 aliphatic rings. The van der Waals surface area contributed by atoms with Gasteiger partial charge in [-0.3, -0.25) is 14.4 Å². The summed E-state index contributed by atoms with van der Waals surface area (Å²) in [6, 6.07) is 0. The van der Waals surface area contributed by atoms with E-state index in [1.807, 2.05) is 0 Å². The fraction of sp³-hybridized carbons (Fsp3) is 0.842. The Kier molecular flexibility index (Phi) is 14.9. The van der Waals surface area contributed by atoms with Crippen molar-refractivity contribution in [3.63, 3.8) is 0 Å². The first-order chi connectivity index (χ1) is 12.0. The van der Waals surface area contributed by atoms with Gasteiger partial charge in [0.15, 0.2) is 6.10 Å². The van der Waals surface area contributed by atoms with Crippen molar-refractivity contribution in [3.05, 3.63) is 0 Å². The van der Waals surface area contributed by atoms with Gasteiger partial charge < -0.3 is 14.2 Å². The van der Waals surface area contributed by atoms with Gasteiger partial charge in [0, 0.05) is 19.8 Å². The molecule has 0 spiro atoms.